The van der Waals surface area contributed by atoms with Gasteiger partial charge < -0.3 is 19.3 Å². The normalized spacial score (nSPS) is 10.9. The van der Waals surface area contributed by atoms with Crippen molar-refractivity contribution in [3.63, 3.8) is 0 Å². The van der Waals surface area contributed by atoms with Crippen LogP contribution in [0.5, 0.6) is 11.5 Å². The van der Waals surface area contributed by atoms with E-state index in [4.69, 9.17) is 9.47 Å². The molecule has 0 aliphatic rings. The minimum absolute atomic E-state index is 0.820. The van der Waals surface area contributed by atoms with Gasteiger partial charge in [0.25, 0.3) is 0 Å². The molecule has 8 rings (SSSR count). The number of thiophene rings is 1. The maximum Gasteiger partial charge on any atom is 0.119 e. The summed E-state index contributed by atoms with van der Waals surface area (Å²) in [6, 6.07) is 64.6. The van der Waals surface area contributed by atoms with Crippen LogP contribution in [-0.4, -0.2) is 21.3 Å². The van der Waals surface area contributed by atoms with Crippen LogP contribution in [0.4, 0.5) is 28.4 Å². The third-order valence-corrected chi connectivity index (χ3v) is 11.3. The lowest BCUT2D eigenvalue weighted by molar-refractivity contribution is 0.414. The standard InChI is InChI=1S/C50H42N2O2S/c1-35-15-17-38(18-16-35)49-47(36-11-7-5-8-12-36)48(37-13-9-6-10-14-37)50(55-49)39-19-21-42(22-20-39)52(44-29-33-46(54-4)34-30-44)43-25-23-40(24-26-43)51(2)41-27-31-45(53-3)32-28-41/h5-34H,1-4H3. The molecule has 55 heavy (non-hydrogen) atoms. The first kappa shape index (κ1) is 35.5. The zero-order chi connectivity index (χ0) is 37.7. The smallest absolute Gasteiger partial charge is 0.119 e. The highest BCUT2D eigenvalue weighted by atomic mass is 32.1. The summed E-state index contributed by atoms with van der Waals surface area (Å²) in [5.74, 6) is 1.66. The highest BCUT2D eigenvalue weighted by molar-refractivity contribution is 7.20. The molecular weight excluding hydrogens is 693 g/mol. The van der Waals surface area contributed by atoms with Crippen LogP contribution in [0.15, 0.2) is 182 Å². The molecule has 0 spiro atoms. The molecule has 0 aliphatic heterocycles. The van der Waals surface area contributed by atoms with Gasteiger partial charge >= 0.3 is 0 Å². The Hall–Kier alpha value is -6.56. The fourth-order valence-electron chi connectivity index (χ4n) is 7.02. The molecule has 0 atom stereocenters. The molecule has 7 aromatic carbocycles. The highest BCUT2D eigenvalue weighted by Crippen LogP contribution is 2.52. The molecule has 4 nitrogen and oxygen atoms in total. The summed E-state index contributed by atoms with van der Waals surface area (Å²) >= 11 is 1.86. The van der Waals surface area contributed by atoms with Crippen LogP contribution in [0.1, 0.15) is 5.56 Å². The number of hydrogen-bond donors (Lipinski definition) is 0. The second-order valence-corrected chi connectivity index (χ2v) is 14.5. The van der Waals surface area contributed by atoms with E-state index in [2.05, 4.69) is 181 Å². The van der Waals surface area contributed by atoms with Crippen molar-refractivity contribution < 1.29 is 9.47 Å². The molecule has 5 heteroatoms. The van der Waals surface area contributed by atoms with Crippen molar-refractivity contribution >= 4 is 39.8 Å². The summed E-state index contributed by atoms with van der Waals surface area (Å²) in [5.41, 5.74) is 13.9. The van der Waals surface area contributed by atoms with Gasteiger partial charge in [0, 0.05) is 56.4 Å². The molecule has 8 aromatic rings. The van der Waals surface area contributed by atoms with Crippen molar-refractivity contribution in [2.45, 2.75) is 6.92 Å². The summed E-state index contributed by atoms with van der Waals surface area (Å²) in [5, 5.41) is 0. The van der Waals surface area contributed by atoms with Crippen LogP contribution in [0.3, 0.4) is 0 Å². The molecular formula is C50H42N2O2S. The Kier molecular flexibility index (Phi) is 10.2. The van der Waals surface area contributed by atoms with E-state index in [-0.39, 0.29) is 0 Å². The number of ether oxygens (including phenoxy) is 2. The molecule has 0 bridgehead atoms. The number of methoxy groups -OCH3 is 2. The fourth-order valence-corrected chi connectivity index (χ4v) is 8.38. The zero-order valence-corrected chi connectivity index (χ0v) is 32.3. The molecule has 0 fully saturated rings. The molecule has 0 saturated heterocycles. The summed E-state index contributed by atoms with van der Waals surface area (Å²) in [6.45, 7) is 2.14. The summed E-state index contributed by atoms with van der Waals surface area (Å²) in [7, 11) is 5.47. The Morgan fingerprint density at radius 3 is 1.15 bits per heavy atom. The van der Waals surface area contributed by atoms with E-state index in [1.165, 1.54) is 48.7 Å². The Balaban J connectivity index is 1.22. The second kappa shape index (κ2) is 15.8. The van der Waals surface area contributed by atoms with Crippen molar-refractivity contribution in [2.75, 3.05) is 31.1 Å². The molecule has 0 N–H and O–H groups in total. The van der Waals surface area contributed by atoms with E-state index in [1.54, 1.807) is 14.2 Å². The van der Waals surface area contributed by atoms with E-state index >= 15 is 0 Å². The van der Waals surface area contributed by atoms with E-state index in [0.717, 1.165) is 39.9 Å². The summed E-state index contributed by atoms with van der Waals surface area (Å²) in [6.07, 6.45) is 0. The Bertz CT molecular complexity index is 2480. The topological polar surface area (TPSA) is 24.9 Å². The van der Waals surface area contributed by atoms with Crippen LogP contribution in [0.25, 0.3) is 43.1 Å². The largest absolute Gasteiger partial charge is 0.497 e. The second-order valence-electron chi connectivity index (χ2n) is 13.5. The number of benzene rings is 7. The average Bonchev–Trinajstić information content (AvgIpc) is 3.66. The van der Waals surface area contributed by atoms with Gasteiger partial charge in [0.15, 0.2) is 0 Å². The van der Waals surface area contributed by atoms with E-state index < -0.39 is 0 Å². The van der Waals surface area contributed by atoms with Crippen molar-refractivity contribution in [3.05, 3.63) is 188 Å². The van der Waals surface area contributed by atoms with Crippen LogP contribution in [0.2, 0.25) is 0 Å². The number of anilines is 5. The minimum atomic E-state index is 0.820. The first-order chi connectivity index (χ1) is 27.0. The summed E-state index contributed by atoms with van der Waals surface area (Å²) < 4.78 is 10.9. The van der Waals surface area contributed by atoms with Crippen molar-refractivity contribution in [2.24, 2.45) is 0 Å². The van der Waals surface area contributed by atoms with E-state index in [1.807, 2.05) is 35.6 Å². The highest BCUT2D eigenvalue weighted by Gasteiger charge is 2.24. The number of nitrogens with zero attached hydrogens (tertiary/aromatic N) is 2. The first-order valence-electron chi connectivity index (χ1n) is 18.4. The minimum Gasteiger partial charge on any atom is -0.497 e. The molecule has 270 valence electrons. The van der Waals surface area contributed by atoms with E-state index in [9.17, 15) is 0 Å². The molecule has 1 aromatic heterocycles. The van der Waals surface area contributed by atoms with Crippen LogP contribution in [0, 0.1) is 6.92 Å². The zero-order valence-electron chi connectivity index (χ0n) is 31.4. The third-order valence-electron chi connectivity index (χ3n) is 10.0. The van der Waals surface area contributed by atoms with Gasteiger partial charge in [0.2, 0.25) is 0 Å². The maximum absolute atomic E-state index is 5.52. The first-order valence-corrected chi connectivity index (χ1v) is 19.2. The third kappa shape index (κ3) is 7.35. The molecule has 0 unspecified atom stereocenters. The average molecular weight is 735 g/mol. The lowest BCUT2D eigenvalue weighted by Gasteiger charge is -2.27. The molecule has 0 radical (unpaired) electrons. The van der Waals surface area contributed by atoms with Gasteiger partial charge in [-0.1, -0.05) is 103 Å². The Labute approximate surface area is 328 Å². The van der Waals surface area contributed by atoms with Gasteiger partial charge in [0.1, 0.15) is 11.5 Å². The van der Waals surface area contributed by atoms with Gasteiger partial charge in [-0.15, -0.1) is 11.3 Å². The molecule has 0 saturated carbocycles. The van der Waals surface area contributed by atoms with Gasteiger partial charge in [0.05, 0.1) is 14.2 Å². The van der Waals surface area contributed by atoms with Crippen LogP contribution < -0.4 is 19.3 Å². The van der Waals surface area contributed by atoms with Crippen molar-refractivity contribution in [1.29, 1.82) is 0 Å². The fraction of sp³-hybridized carbons (Fsp3) is 0.0800. The maximum atomic E-state index is 5.52. The molecule has 1 heterocycles. The lowest BCUT2D eigenvalue weighted by atomic mass is 9.91. The van der Waals surface area contributed by atoms with Gasteiger partial charge in [-0.25, -0.2) is 0 Å². The number of hydrogen-bond acceptors (Lipinski definition) is 5. The SMILES string of the molecule is COc1ccc(N(C)c2ccc(N(c3ccc(OC)cc3)c3ccc(-c4sc(-c5ccc(C)cc5)c(-c5ccccc5)c4-c4ccccc4)cc3)cc2)cc1. The van der Waals surface area contributed by atoms with Crippen molar-refractivity contribution in [3.8, 4) is 54.6 Å². The molecule has 0 amide bonds. The lowest BCUT2D eigenvalue weighted by Crippen LogP contribution is -2.12. The molecule has 0 aliphatic carbocycles. The Morgan fingerprint density at radius 1 is 0.382 bits per heavy atom. The van der Waals surface area contributed by atoms with E-state index in [0.29, 0.717) is 0 Å². The monoisotopic (exact) mass is 734 g/mol. The van der Waals surface area contributed by atoms with Gasteiger partial charge in [-0.2, -0.15) is 0 Å². The predicted octanol–water partition coefficient (Wildman–Crippen LogP) is 14.0. The van der Waals surface area contributed by atoms with Gasteiger partial charge in [-0.05, 0) is 114 Å². The van der Waals surface area contributed by atoms with Crippen LogP contribution in [-0.2, 0) is 0 Å². The van der Waals surface area contributed by atoms with Gasteiger partial charge in [-0.3, -0.25) is 0 Å². The van der Waals surface area contributed by atoms with Crippen molar-refractivity contribution in [1.82, 2.24) is 0 Å². The predicted molar refractivity (Wildman–Crippen MR) is 233 cm³/mol. The number of rotatable bonds is 11. The quantitative estimate of drug-likeness (QED) is 0.132. The number of aryl methyl sites for hydroxylation is 1. The van der Waals surface area contributed by atoms with Crippen LogP contribution >= 0.6 is 11.3 Å². The summed E-state index contributed by atoms with van der Waals surface area (Å²) in [4.78, 5) is 6.98. The Morgan fingerprint density at radius 2 is 0.727 bits per heavy atom.